The molecule has 1 saturated carbocycles. The van der Waals surface area contributed by atoms with Crippen molar-refractivity contribution in [3.05, 3.63) is 154 Å². The van der Waals surface area contributed by atoms with Crippen LogP contribution in [0.5, 0.6) is 17.2 Å². The molecular weight excluding hydrogens is 820 g/mol. The summed E-state index contributed by atoms with van der Waals surface area (Å²) in [6.07, 6.45) is 2.00. The van der Waals surface area contributed by atoms with E-state index in [1.165, 1.54) is 37.4 Å². The summed E-state index contributed by atoms with van der Waals surface area (Å²) in [5.41, 5.74) is 4.11. The van der Waals surface area contributed by atoms with E-state index in [0.717, 1.165) is 15.5 Å². The second kappa shape index (κ2) is 15.7. The van der Waals surface area contributed by atoms with Crippen molar-refractivity contribution in [3.63, 3.8) is 0 Å². The van der Waals surface area contributed by atoms with E-state index in [9.17, 15) is 24.7 Å². The zero-order valence-corrected chi connectivity index (χ0v) is 34.1. The van der Waals surface area contributed by atoms with Crippen molar-refractivity contribution in [1.82, 2.24) is 5.01 Å². The van der Waals surface area contributed by atoms with E-state index in [1.54, 1.807) is 54.6 Å². The van der Waals surface area contributed by atoms with Crippen molar-refractivity contribution in [2.75, 3.05) is 17.4 Å². The minimum atomic E-state index is -1.83. The van der Waals surface area contributed by atoms with Gasteiger partial charge in [-0.2, -0.15) is 5.01 Å². The first-order valence-corrected chi connectivity index (χ1v) is 20.5. The zero-order valence-electron chi connectivity index (χ0n) is 32.6. The van der Waals surface area contributed by atoms with Gasteiger partial charge in [-0.25, -0.2) is 0 Å². The number of hydrogen-bond donors (Lipinski definition) is 4. The number of rotatable bonds is 10. The molecule has 15 heteroatoms. The number of phenols is 1. The van der Waals surface area contributed by atoms with Crippen LogP contribution in [0.2, 0.25) is 10.0 Å². The number of allylic oxidation sites excluding steroid dienone is 2. The molecule has 5 aromatic carbocycles. The van der Waals surface area contributed by atoms with Crippen LogP contribution >= 0.6 is 23.2 Å². The number of aromatic hydroxyl groups is 1. The lowest BCUT2D eigenvalue weighted by molar-refractivity contribution is -0.138. The molecule has 4 amide bonds. The number of nitrogens with one attached hydrogen (secondary N) is 1. The van der Waals surface area contributed by atoms with Gasteiger partial charge in [0.15, 0.2) is 0 Å². The van der Waals surface area contributed by atoms with Crippen LogP contribution in [0.1, 0.15) is 35.4 Å². The number of carbonyl (C=O) groups excluding carboxylic acids is 4. The summed E-state index contributed by atoms with van der Waals surface area (Å²) in [4.78, 5) is 60.8. The van der Waals surface area contributed by atoms with Gasteiger partial charge in [0, 0.05) is 22.6 Å². The third-order valence-corrected chi connectivity index (χ3v) is 13.1. The van der Waals surface area contributed by atoms with Gasteiger partial charge in [-0.15, -0.1) is 0 Å². The highest BCUT2D eigenvalue weighted by Crippen LogP contribution is 2.65. The molecule has 2 saturated heterocycles. The van der Waals surface area contributed by atoms with E-state index in [1.807, 2.05) is 36.4 Å². The maximum Gasteiger partial charge on any atom is 0.488 e. The zero-order chi connectivity index (χ0) is 42.7. The molecule has 4 aliphatic rings. The summed E-state index contributed by atoms with van der Waals surface area (Å²) in [5, 5.41) is 33.4. The lowest BCUT2D eigenvalue weighted by Gasteiger charge is -2.50. The number of hydrazine groups is 1. The molecule has 61 heavy (non-hydrogen) atoms. The fraction of sp³-hybridized carbons (Fsp3) is 0.217. The van der Waals surface area contributed by atoms with E-state index in [-0.39, 0.29) is 47.1 Å². The van der Waals surface area contributed by atoms with Gasteiger partial charge < -0.3 is 24.6 Å². The molecule has 4 N–H and O–H groups in total. The molecule has 0 unspecified atom stereocenters. The van der Waals surface area contributed by atoms with Gasteiger partial charge in [-0.05, 0) is 83.9 Å². The molecule has 308 valence electrons. The first kappa shape index (κ1) is 40.3. The number of phenolic OH excluding ortho intramolecular Hbond substituents is 1. The molecule has 3 fully saturated rings. The number of anilines is 2. The van der Waals surface area contributed by atoms with Crippen LogP contribution < -0.4 is 25.3 Å². The van der Waals surface area contributed by atoms with Crippen LogP contribution in [-0.4, -0.2) is 58.0 Å². The molecule has 12 nitrogen and oxygen atoms in total. The third kappa shape index (κ3) is 6.63. The molecule has 0 radical (unpaired) electrons. The van der Waals surface area contributed by atoms with Gasteiger partial charge in [-0.3, -0.25) is 29.5 Å². The first-order valence-electron chi connectivity index (χ1n) is 19.7. The monoisotopic (exact) mass is 857 g/mol. The van der Waals surface area contributed by atoms with Crippen molar-refractivity contribution in [1.29, 1.82) is 0 Å². The summed E-state index contributed by atoms with van der Waals surface area (Å²) in [6, 6.07) is 31.8. The highest BCUT2D eigenvalue weighted by molar-refractivity contribution is 6.58. The van der Waals surface area contributed by atoms with Crippen LogP contribution in [0.25, 0.3) is 0 Å². The fourth-order valence-electron chi connectivity index (χ4n) is 9.87. The highest BCUT2D eigenvalue weighted by Gasteiger charge is 2.70. The molecule has 2 aliphatic heterocycles. The van der Waals surface area contributed by atoms with Crippen LogP contribution in [0.4, 0.5) is 11.4 Å². The predicted octanol–water partition coefficient (Wildman–Crippen LogP) is 6.16. The van der Waals surface area contributed by atoms with E-state index in [0.29, 0.717) is 33.2 Å². The number of amides is 4. The molecule has 5 aromatic rings. The Morgan fingerprint density at radius 2 is 1.57 bits per heavy atom. The molecule has 6 atom stereocenters. The van der Waals surface area contributed by atoms with E-state index >= 15 is 9.59 Å². The lowest BCUT2D eigenvalue weighted by Crippen LogP contribution is -2.53. The van der Waals surface area contributed by atoms with Gasteiger partial charge >= 0.3 is 7.12 Å². The Labute approximate surface area is 361 Å². The molecule has 9 rings (SSSR count). The van der Waals surface area contributed by atoms with Crippen LogP contribution in [0.15, 0.2) is 127 Å². The summed E-state index contributed by atoms with van der Waals surface area (Å²) in [5.74, 6) is -6.19. The van der Waals surface area contributed by atoms with Crippen molar-refractivity contribution >= 4 is 70.8 Å². The number of imide groups is 2. The van der Waals surface area contributed by atoms with Crippen LogP contribution in [0, 0.1) is 23.7 Å². The fourth-order valence-corrected chi connectivity index (χ4v) is 10.3. The number of hydrogen-bond acceptors (Lipinski definition) is 10. The van der Waals surface area contributed by atoms with Crippen molar-refractivity contribution in [2.24, 2.45) is 23.7 Å². The lowest BCUT2D eigenvalue weighted by atomic mass is 9.49. The number of fused-ring (bicyclic) bond motifs is 4. The van der Waals surface area contributed by atoms with Crippen molar-refractivity contribution < 1.29 is 43.8 Å². The number of halogens is 2. The Kier molecular flexibility index (Phi) is 10.4. The predicted molar refractivity (Wildman–Crippen MR) is 228 cm³/mol. The largest absolute Gasteiger partial charge is 0.508 e. The molecule has 0 spiro atoms. The number of ether oxygens (including phenoxy) is 2. The maximum absolute atomic E-state index is 15.6. The maximum atomic E-state index is 15.6. The number of methoxy groups -OCH3 is 1. The quantitative estimate of drug-likeness (QED) is 0.0727. The van der Waals surface area contributed by atoms with Crippen molar-refractivity contribution in [3.8, 4) is 17.2 Å². The summed E-state index contributed by atoms with van der Waals surface area (Å²) < 4.78 is 11.6. The second-order valence-corrected chi connectivity index (χ2v) is 16.5. The summed E-state index contributed by atoms with van der Waals surface area (Å²) >= 11 is 12.8. The smallest absolute Gasteiger partial charge is 0.488 e. The van der Waals surface area contributed by atoms with E-state index < -0.39 is 65.8 Å². The summed E-state index contributed by atoms with van der Waals surface area (Å²) in [7, 11) is -0.314. The average molecular weight is 859 g/mol. The Hall–Kier alpha value is -6.12. The first-order chi connectivity index (χ1) is 29.4. The average Bonchev–Trinajstić information content (AvgIpc) is 3.64. The normalized spacial score (nSPS) is 24.2. The topological polar surface area (TPSA) is 166 Å². The van der Waals surface area contributed by atoms with Gasteiger partial charge in [0.1, 0.15) is 23.9 Å². The number of carbonyl (C=O) groups is 4. The SMILES string of the molecule is COc1ccc([C@@]23C(=O)N(Nc4ccc(Cl)cc4Cl)C(=O)[C@@H]2C[C@@H]2C(=CC[C@@H]4C(=O)N(c5cccc(B(O)O)c5)C(=O)[C@@H]42)[C@@H]3c2ccc(OCc3ccccc3)cc2O)cc1. The molecule has 0 aromatic heterocycles. The Morgan fingerprint density at radius 3 is 2.28 bits per heavy atom. The number of nitrogens with zero attached hydrogens (tertiary/aromatic N) is 2. The Balaban J connectivity index is 1.21. The van der Waals surface area contributed by atoms with E-state index in [2.05, 4.69) is 5.43 Å². The Bertz CT molecular complexity index is 2630. The molecule has 0 bridgehead atoms. The van der Waals surface area contributed by atoms with Gasteiger partial charge in [0.05, 0.1) is 46.7 Å². The number of benzene rings is 5. The molecule has 2 heterocycles. The van der Waals surface area contributed by atoms with Crippen molar-refractivity contribution in [2.45, 2.75) is 30.8 Å². The molecular formula is C46H38BCl2N3O9. The van der Waals surface area contributed by atoms with E-state index in [4.69, 9.17) is 32.7 Å². The molecule has 2 aliphatic carbocycles. The standard InChI is InChI=1S/C46H38BCl2N3O9/c1-60-30-13-10-26(11-14-30)46-36(43(55)52(45(46)57)50-38-19-12-28(48)21-37(38)49)23-35-32(41(46)33-16-15-31(22-39(33)53)61-24-25-6-3-2-4-7-25)17-18-34-40(35)44(56)51(42(34)54)29-9-5-8-27(20-29)47(58)59/h2-17,19-22,34-36,40-41,50,53,58-59H,18,23-24H2,1H3/t34-,35+,36-,40-,41+,46+/m0/s1. The third-order valence-electron chi connectivity index (χ3n) is 12.6. The van der Waals surface area contributed by atoms with Gasteiger partial charge in [-0.1, -0.05) is 95.5 Å². The minimum Gasteiger partial charge on any atom is -0.508 e. The summed E-state index contributed by atoms with van der Waals surface area (Å²) in [6.45, 7) is 0.227. The minimum absolute atomic E-state index is 0.00603. The van der Waals surface area contributed by atoms with Gasteiger partial charge in [0.2, 0.25) is 11.8 Å². The second-order valence-electron chi connectivity index (χ2n) is 15.7. The Morgan fingerprint density at radius 1 is 0.820 bits per heavy atom. The highest BCUT2D eigenvalue weighted by atomic mass is 35.5. The van der Waals surface area contributed by atoms with Crippen LogP contribution in [0.3, 0.4) is 0 Å². The van der Waals surface area contributed by atoms with Gasteiger partial charge in [0.25, 0.3) is 11.8 Å². The van der Waals surface area contributed by atoms with Crippen LogP contribution in [-0.2, 0) is 31.2 Å².